The van der Waals surface area contributed by atoms with Crippen LogP contribution in [0, 0.1) is 0 Å². The minimum Gasteiger partial charge on any atom is -0.495 e. The summed E-state index contributed by atoms with van der Waals surface area (Å²) in [6, 6.07) is 3.66. The topological polar surface area (TPSA) is 78.7 Å². The van der Waals surface area contributed by atoms with Gasteiger partial charge in [-0.1, -0.05) is 11.3 Å². The summed E-state index contributed by atoms with van der Waals surface area (Å²) in [6.07, 6.45) is 5.27. The first kappa shape index (κ1) is 18.7. The molecular weight excluding hydrogens is 380 g/mol. The summed E-state index contributed by atoms with van der Waals surface area (Å²) in [6.45, 7) is 1.15. The lowest BCUT2D eigenvalue weighted by Gasteiger charge is -2.22. The highest BCUT2D eigenvalue weighted by molar-refractivity contribution is 7.22. The van der Waals surface area contributed by atoms with Crippen LogP contribution < -0.4 is 14.4 Å². The fourth-order valence-electron chi connectivity index (χ4n) is 3.32. The van der Waals surface area contributed by atoms with Gasteiger partial charge < -0.3 is 18.8 Å². The molecule has 1 unspecified atom stereocenters. The van der Waals surface area contributed by atoms with Crippen molar-refractivity contribution in [1.82, 2.24) is 14.5 Å². The van der Waals surface area contributed by atoms with Gasteiger partial charge in [-0.15, -0.1) is 0 Å². The third kappa shape index (κ3) is 3.31. The fraction of sp³-hybridized carbons (Fsp3) is 0.421. The van der Waals surface area contributed by atoms with E-state index in [-0.39, 0.29) is 12.0 Å². The number of benzene rings is 1. The first-order valence-electron chi connectivity index (χ1n) is 9.04. The van der Waals surface area contributed by atoms with Crippen molar-refractivity contribution in [3.63, 3.8) is 0 Å². The van der Waals surface area contributed by atoms with E-state index in [2.05, 4.69) is 4.98 Å². The number of hydrogen-bond acceptors (Lipinski definition) is 7. The standard InChI is InChI=1S/C19H22N4O4S/c1-22-9-8-20-17(22)18(24)23(11-12-5-4-10-27-12)19-21-15-13(25-2)6-7-14(26-3)16(15)28-19/h6-9,12H,4-5,10-11H2,1-3H3. The van der Waals surface area contributed by atoms with Crippen LogP contribution in [0.2, 0.25) is 0 Å². The second kappa shape index (κ2) is 7.76. The Hall–Kier alpha value is -2.65. The Labute approximate surface area is 166 Å². The molecule has 1 aliphatic heterocycles. The van der Waals surface area contributed by atoms with Crippen LogP contribution in [-0.4, -0.2) is 53.9 Å². The molecule has 1 aromatic carbocycles. The third-order valence-electron chi connectivity index (χ3n) is 4.80. The van der Waals surface area contributed by atoms with E-state index in [4.69, 9.17) is 19.2 Å². The van der Waals surface area contributed by atoms with Crippen molar-refractivity contribution in [2.24, 2.45) is 7.05 Å². The second-order valence-corrected chi connectivity index (χ2v) is 7.53. The van der Waals surface area contributed by atoms with Crippen molar-refractivity contribution >= 4 is 32.6 Å². The van der Waals surface area contributed by atoms with Gasteiger partial charge >= 0.3 is 0 Å². The highest BCUT2D eigenvalue weighted by atomic mass is 32.1. The van der Waals surface area contributed by atoms with E-state index in [0.29, 0.717) is 34.5 Å². The van der Waals surface area contributed by atoms with Crippen LogP contribution in [0.3, 0.4) is 0 Å². The maximum atomic E-state index is 13.3. The summed E-state index contributed by atoms with van der Waals surface area (Å²) in [5.74, 6) is 1.48. The Morgan fingerprint density at radius 2 is 2.14 bits per heavy atom. The molecule has 3 aromatic rings. The molecule has 8 nitrogen and oxygen atoms in total. The molecule has 0 spiro atoms. The van der Waals surface area contributed by atoms with Gasteiger partial charge in [0.1, 0.15) is 21.7 Å². The molecule has 0 aliphatic carbocycles. The minimum absolute atomic E-state index is 0.0139. The monoisotopic (exact) mass is 402 g/mol. The highest BCUT2D eigenvalue weighted by Crippen LogP contribution is 2.40. The zero-order valence-electron chi connectivity index (χ0n) is 16.0. The zero-order chi connectivity index (χ0) is 19.7. The zero-order valence-corrected chi connectivity index (χ0v) is 16.9. The number of hydrogen-bond donors (Lipinski definition) is 0. The van der Waals surface area contributed by atoms with Crippen molar-refractivity contribution in [3.05, 3.63) is 30.4 Å². The molecule has 1 atom stereocenters. The Bertz CT molecular complexity index is 952. The maximum absolute atomic E-state index is 13.3. The number of anilines is 1. The molecule has 1 amide bonds. The van der Waals surface area contributed by atoms with Gasteiger partial charge in [0.05, 0.1) is 26.9 Å². The van der Waals surface area contributed by atoms with Gasteiger partial charge in [0.2, 0.25) is 0 Å². The Morgan fingerprint density at radius 1 is 1.36 bits per heavy atom. The average Bonchev–Trinajstić information content (AvgIpc) is 3.45. The van der Waals surface area contributed by atoms with E-state index in [1.165, 1.54) is 11.3 Å². The van der Waals surface area contributed by atoms with Gasteiger partial charge in [0, 0.05) is 26.0 Å². The molecule has 0 bridgehead atoms. The first-order valence-corrected chi connectivity index (χ1v) is 9.86. The van der Waals surface area contributed by atoms with E-state index >= 15 is 0 Å². The largest absolute Gasteiger partial charge is 0.495 e. The molecule has 1 saturated heterocycles. The smallest absolute Gasteiger partial charge is 0.296 e. The molecule has 28 heavy (non-hydrogen) atoms. The number of amides is 1. The molecular formula is C19H22N4O4S. The first-order chi connectivity index (χ1) is 13.6. The van der Waals surface area contributed by atoms with Crippen molar-refractivity contribution in [2.75, 3.05) is 32.3 Å². The lowest BCUT2D eigenvalue weighted by molar-refractivity contribution is 0.0906. The predicted octanol–water partition coefficient (Wildman–Crippen LogP) is 2.87. The van der Waals surface area contributed by atoms with Crippen LogP contribution in [0.5, 0.6) is 11.5 Å². The van der Waals surface area contributed by atoms with E-state index < -0.39 is 0 Å². The number of imidazole rings is 1. The second-order valence-electron chi connectivity index (χ2n) is 6.56. The SMILES string of the molecule is COc1ccc(OC)c2sc(N(CC3CCCO3)C(=O)c3nccn3C)nc12. The molecule has 0 N–H and O–H groups in total. The molecule has 1 fully saturated rings. The lowest BCUT2D eigenvalue weighted by Crippen LogP contribution is -2.38. The molecule has 148 valence electrons. The third-order valence-corrected chi connectivity index (χ3v) is 5.89. The van der Waals surface area contributed by atoms with E-state index in [1.54, 1.807) is 43.1 Å². The van der Waals surface area contributed by atoms with Crippen LogP contribution in [0.4, 0.5) is 5.13 Å². The van der Waals surface area contributed by atoms with Crippen molar-refractivity contribution in [1.29, 1.82) is 0 Å². The Balaban J connectivity index is 1.79. The normalized spacial score (nSPS) is 16.5. The van der Waals surface area contributed by atoms with Gasteiger partial charge in [0.25, 0.3) is 5.91 Å². The van der Waals surface area contributed by atoms with Crippen LogP contribution in [0.15, 0.2) is 24.5 Å². The summed E-state index contributed by atoms with van der Waals surface area (Å²) < 4.78 is 19.2. The number of methoxy groups -OCH3 is 2. The minimum atomic E-state index is -0.208. The Kier molecular flexibility index (Phi) is 5.19. The number of aryl methyl sites for hydroxylation is 1. The Morgan fingerprint density at radius 3 is 2.79 bits per heavy atom. The van der Waals surface area contributed by atoms with Crippen molar-refractivity contribution < 1.29 is 19.0 Å². The number of ether oxygens (including phenoxy) is 3. The maximum Gasteiger partial charge on any atom is 0.296 e. The summed E-state index contributed by atoms with van der Waals surface area (Å²) in [7, 11) is 5.02. The number of carbonyl (C=O) groups is 1. The van der Waals surface area contributed by atoms with Crippen LogP contribution in [0.1, 0.15) is 23.5 Å². The summed E-state index contributed by atoms with van der Waals surface area (Å²) in [4.78, 5) is 23.9. The molecule has 9 heteroatoms. The quantitative estimate of drug-likeness (QED) is 0.631. The molecule has 4 rings (SSSR count). The molecule has 0 radical (unpaired) electrons. The van der Waals surface area contributed by atoms with E-state index in [1.807, 2.05) is 12.1 Å². The highest BCUT2D eigenvalue weighted by Gasteiger charge is 2.29. The number of rotatable bonds is 6. The van der Waals surface area contributed by atoms with Gasteiger partial charge in [-0.2, -0.15) is 0 Å². The molecule has 2 aromatic heterocycles. The summed E-state index contributed by atoms with van der Waals surface area (Å²) >= 11 is 1.40. The molecule has 3 heterocycles. The van der Waals surface area contributed by atoms with E-state index in [9.17, 15) is 4.79 Å². The van der Waals surface area contributed by atoms with Crippen LogP contribution in [0.25, 0.3) is 10.2 Å². The fourth-order valence-corrected chi connectivity index (χ4v) is 4.40. The number of thiazole rings is 1. The van der Waals surface area contributed by atoms with Gasteiger partial charge in [0.15, 0.2) is 11.0 Å². The van der Waals surface area contributed by atoms with Crippen LogP contribution in [-0.2, 0) is 11.8 Å². The number of fused-ring (bicyclic) bond motifs is 1. The van der Waals surface area contributed by atoms with Crippen molar-refractivity contribution in [2.45, 2.75) is 18.9 Å². The molecule has 1 aliphatic rings. The summed E-state index contributed by atoms with van der Waals surface area (Å²) in [5, 5.41) is 0.571. The number of aromatic nitrogens is 3. The van der Waals surface area contributed by atoms with E-state index in [0.717, 1.165) is 24.1 Å². The van der Waals surface area contributed by atoms with Gasteiger partial charge in [-0.3, -0.25) is 9.69 Å². The predicted molar refractivity (Wildman–Crippen MR) is 107 cm³/mol. The van der Waals surface area contributed by atoms with Crippen molar-refractivity contribution in [3.8, 4) is 11.5 Å². The van der Waals surface area contributed by atoms with Crippen LogP contribution >= 0.6 is 11.3 Å². The number of nitrogens with zero attached hydrogens (tertiary/aromatic N) is 4. The van der Waals surface area contributed by atoms with Gasteiger partial charge in [-0.05, 0) is 25.0 Å². The lowest BCUT2D eigenvalue weighted by atomic mass is 10.2. The summed E-state index contributed by atoms with van der Waals surface area (Å²) in [5.41, 5.74) is 0.673. The molecule has 0 saturated carbocycles. The average molecular weight is 402 g/mol. The number of carbonyl (C=O) groups excluding carboxylic acids is 1. The van der Waals surface area contributed by atoms with Gasteiger partial charge in [-0.25, -0.2) is 9.97 Å².